The molecule has 0 radical (unpaired) electrons. The van der Waals surface area contributed by atoms with Gasteiger partial charge >= 0.3 is 5.97 Å². The van der Waals surface area contributed by atoms with Crippen LogP contribution in [0, 0.1) is 0 Å². The number of para-hydroxylation sites is 1. The molecule has 1 N–H and O–H groups in total. The number of nitrogens with zero attached hydrogens (tertiary/aromatic N) is 1. The van der Waals surface area contributed by atoms with Crippen molar-refractivity contribution in [2.75, 3.05) is 26.9 Å². The molecule has 1 aromatic heterocycles. The second-order valence-electron chi connectivity index (χ2n) is 7.55. The van der Waals surface area contributed by atoms with Crippen molar-refractivity contribution in [3.63, 3.8) is 0 Å². The maximum Gasteiger partial charge on any atom is 0.303 e. The van der Waals surface area contributed by atoms with E-state index in [9.17, 15) is 4.79 Å². The minimum Gasteiger partial charge on any atom is -0.491 e. The number of esters is 1. The van der Waals surface area contributed by atoms with Crippen LogP contribution in [-0.2, 0) is 14.3 Å². The molecule has 0 saturated heterocycles. The largest absolute Gasteiger partial charge is 0.491 e. The lowest BCUT2D eigenvalue weighted by Crippen LogP contribution is -2.09. The minimum atomic E-state index is -0.515. The van der Waals surface area contributed by atoms with Crippen molar-refractivity contribution in [3.8, 4) is 5.75 Å². The van der Waals surface area contributed by atoms with Gasteiger partial charge in [-0.15, -0.1) is 0 Å². The maximum absolute atomic E-state index is 11.8. The van der Waals surface area contributed by atoms with Gasteiger partial charge in [-0.25, -0.2) is 0 Å². The summed E-state index contributed by atoms with van der Waals surface area (Å²) in [6, 6.07) is 17.3. The molecule has 172 valence electrons. The van der Waals surface area contributed by atoms with Crippen LogP contribution in [0.4, 0.5) is 0 Å². The molecule has 0 spiro atoms. The normalized spacial score (nSPS) is 12.4. The minimum absolute atomic E-state index is 0.0783. The highest BCUT2D eigenvalue weighted by molar-refractivity contribution is 5.86. The molecule has 3 rings (SSSR count). The van der Waals surface area contributed by atoms with E-state index in [1.54, 1.807) is 13.2 Å². The molecule has 0 aliphatic rings. The van der Waals surface area contributed by atoms with Crippen molar-refractivity contribution in [2.24, 2.45) is 0 Å². The lowest BCUT2D eigenvalue weighted by atomic mass is 9.96. The number of benzene rings is 2. The SMILES string of the molecule is C=C(COC)/C(=C/C[C@@H](OC(C)=O)c1cccc(OCCO)c1)c1cnc2ccccc2c1. The monoisotopic (exact) mass is 447 g/mol. The van der Waals surface area contributed by atoms with Crippen LogP contribution >= 0.6 is 0 Å². The molecule has 33 heavy (non-hydrogen) atoms. The van der Waals surface area contributed by atoms with Gasteiger partial charge in [-0.1, -0.05) is 43.0 Å². The molecule has 1 atom stereocenters. The molecular weight excluding hydrogens is 418 g/mol. The number of aromatic nitrogens is 1. The molecule has 0 saturated carbocycles. The van der Waals surface area contributed by atoms with E-state index in [2.05, 4.69) is 17.6 Å². The number of aliphatic hydroxyl groups is 1. The van der Waals surface area contributed by atoms with Gasteiger partial charge in [0.1, 0.15) is 18.5 Å². The summed E-state index contributed by atoms with van der Waals surface area (Å²) < 4.78 is 16.5. The first-order valence-electron chi connectivity index (χ1n) is 10.7. The molecule has 0 fully saturated rings. The number of carbonyl (C=O) groups excluding carboxylic acids is 1. The molecular formula is C27H29NO5. The van der Waals surface area contributed by atoms with E-state index >= 15 is 0 Å². The van der Waals surface area contributed by atoms with Crippen molar-refractivity contribution in [1.82, 2.24) is 4.98 Å². The zero-order chi connectivity index (χ0) is 23.6. The van der Waals surface area contributed by atoms with Crippen molar-refractivity contribution < 1.29 is 24.1 Å². The highest BCUT2D eigenvalue weighted by atomic mass is 16.5. The number of hydrogen-bond donors (Lipinski definition) is 1. The summed E-state index contributed by atoms with van der Waals surface area (Å²) in [7, 11) is 1.63. The van der Waals surface area contributed by atoms with Gasteiger partial charge in [0.15, 0.2) is 0 Å². The summed E-state index contributed by atoms with van der Waals surface area (Å²) in [6.07, 6.45) is 3.73. The summed E-state index contributed by atoms with van der Waals surface area (Å²) in [5.41, 5.74) is 4.31. The van der Waals surface area contributed by atoms with Gasteiger partial charge < -0.3 is 19.3 Å². The van der Waals surface area contributed by atoms with Gasteiger partial charge in [-0.2, -0.15) is 0 Å². The van der Waals surface area contributed by atoms with Crippen LogP contribution in [-0.4, -0.2) is 43.0 Å². The Morgan fingerprint density at radius 2 is 2.00 bits per heavy atom. The predicted molar refractivity (Wildman–Crippen MR) is 129 cm³/mol. The number of ether oxygens (including phenoxy) is 3. The van der Waals surface area contributed by atoms with E-state index in [4.69, 9.17) is 19.3 Å². The average Bonchev–Trinajstić information content (AvgIpc) is 2.82. The van der Waals surface area contributed by atoms with Crippen LogP contribution in [0.1, 0.15) is 30.6 Å². The molecule has 1 heterocycles. The van der Waals surface area contributed by atoms with Crippen LogP contribution in [0.25, 0.3) is 16.5 Å². The second-order valence-corrected chi connectivity index (χ2v) is 7.55. The number of fused-ring (bicyclic) bond motifs is 1. The van der Waals surface area contributed by atoms with Crippen molar-refractivity contribution in [2.45, 2.75) is 19.4 Å². The highest BCUT2D eigenvalue weighted by Crippen LogP contribution is 2.30. The van der Waals surface area contributed by atoms with Crippen LogP contribution < -0.4 is 4.74 Å². The molecule has 3 aromatic rings. The number of carbonyl (C=O) groups is 1. The summed E-state index contributed by atoms with van der Waals surface area (Å²) in [5, 5.41) is 10.0. The molecule has 2 aromatic carbocycles. The molecule has 6 nitrogen and oxygen atoms in total. The fourth-order valence-electron chi connectivity index (χ4n) is 3.58. The third-order valence-electron chi connectivity index (χ3n) is 5.04. The van der Waals surface area contributed by atoms with Crippen molar-refractivity contribution in [3.05, 3.63) is 90.1 Å². The Morgan fingerprint density at radius 3 is 2.76 bits per heavy atom. The van der Waals surface area contributed by atoms with Crippen LogP contribution in [0.3, 0.4) is 0 Å². The van der Waals surface area contributed by atoms with Crippen molar-refractivity contribution in [1.29, 1.82) is 0 Å². The Morgan fingerprint density at radius 1 is 1.18 bits per heavy atom. The van der Waals surface area contributed by atoms with E-state index in [0.29, 0.717) is 18.8 Å². The molecule has 6 heteroatoms. The third-order valence-corrected chi connectivity index (χ3v) is 5.04. The average molecular weight is 448 g/mol. The van der Waals surface area contributed by atoms with Crippen LogP contribution in [0.5, 0.6) is 5.75 Å². The first kappa shape index (κ1) is 24.2. The fraction of sp³-hybridized carbons (Fsp3) is 0.259. The Hall–Kier alpha value is -3.48. The van der Waals surface area contributed by atoms with E-state index in [0.717, 1.165) is 33.2 Å². The second kappa shape index (κ2) is 11.9. The van der Waals surface area contributed by atoms with E-state index in [-0.39, 0.29) is 19.2 Å². The number of rotatable bonds is 11. The van der Waals surface area contributed by atoms with Gasteiger partial charge in [0.25, 0.3) is 0 Å². The van der Waals surface area contributed by atoms with E-state index in [1.807, 2.05) is 54.7 Å². The third kappa shape index (κ3) is 6.75. The Balaban J connectivity index is 1.95. The molecule has 0 aliphatic heterocycles. The maximum atomic E-state index is 11.8. The van der Waals surface area contributed by atoms with Crippen LogP contribution in [0.2, 0.25) is 0 Å². The topological polar surface area (TPSA) is 77.9 Å². The van der Waals surface area contributed by atoms with Gasteiger partial charge in [0.2, 0.25) is 0 Å². The summed E-state index contributed by atoms with van der Waals surface area (Å²) in [5.74, 6) is 0.227. The summed E-state index contributed by atoms with van der Waals surface area (Å²) >= 11 is 0. The summed E-state index contributed by atoms with van der Waals surface area (Å²) in [6.45, 7) is 6.05. The summed E-state index contributed by atoms with van der Waals surface area (Å²) in [4.78, 5) is 16.4. The number of pyridine rings is 1. The molecule has 0 bridgehead atoms. The van der Waals surface area contributed by atoms with Gasteiger partial charge in [0.05, 0.1) is 18.7 Å². The fourth-order valence-corrected chi connectivity index (χ4v) is 3.58. The zero-order valence-electron chi connectivity index (χ0n) is 19.0. The van der Waals surface area contributed by atoms with Gasteiger partial charge in [-0.3, -0.25) is 9.78 Å². The highest BCUT2D eigenvalue weighted by Gasteiger charge is 2.16. The Labute approximate surface area is 194 Å². The van der Waals surface area contributed by atoms with Gasteiger partial charge in [-0.05, 0) is 41.0 Å². The van der Waals surface area contributed by atoms with E-state index in [1.165, 1.54) is 6.92 Å². The number of aliphatic hydroxyl groups excluding tert-OH is 1. The quantitative estimate of drug-likeness (QED) is 0.333. The Kier molecular flexibility index (Phi) is 8.75. The smallest absolute Gasteiger partial charge is 0.303 e. The predicted octanol–water partition coefficient (Wildman–Crippen LogP) is 4.89. The zero-order valence-corrected chi connectivity index (χ0v) is 19.0. The molecule has 0 unspecified atom stereocenters. The van der Waals surface area contributed by atoms with E-state index < -0.39 is 6.10 Å². The number of hydrogen-bond acceptors (Lipinski definition) is 6. The van der Waals surface area contributed by atoms with Gasteiger partial charge in [0, 0.05) is 37.6 Å². The molecule has 0 amide bonds. The standard InChI is InChI=1S/C27H29NO5/c1-19(18-31-3)25(23-15-21-7-4-5-10-26(21)28-17-23)11-12-27(33-20(2)30)22-8-6-9-24(16-22)32-14-13-29/h4-11,15-17,27,29H,1,12-14,18H2,2-3H3/b25-11-/t27-/m1/s1. The Bertz CT molecular complexity index is 1140. The first-order valence-corrected chi connectivity index (χ1v) is 10.7. The lowest BCUT2D eigenvalue weighted by Gasteiger charge is -2.18. The number of methoxy groups -OCH3 is 1. The lowest BCUT2D eigenvalue weighted by molar-refractivity contribution is -0.146. The molecule has 0 aliphatic carbocycles. The first-order chi connectivity index (χ1) is 16.0. The van der Waals surface area contributed by atoms with Crippen molar-refractivity contribution >= 4 is 22.4 Å². The van der Waals surface area contributed by atoms with Crippen LogP contribution in [0.15, 0.2) is 79.0 Å².